The maximum absolute atomic E-state index is 13.2. The summed E-state index contributed by atoms with van der Waals surface area (Å²) in [5, 5.41) is 5.15. The van der Waals surface area contributed by atoms with Crippen LogP contribution in [-0.4, -0.2) is 18.6 Å². The van der Waals surface area contributed by atoms with Crippen LogP contribution in [0.1, 0.15) is 0 Å². The number of benzene rings is 1. The van der Waals surface area contributed by atoms with E-state index in [1.165, 1.54) is 12.3 Å². The fraction of sp³-hybridized carbons (Fsp3) is 0. The van der Waals surface area contributed by atoms with Crippen molar-refractivity contribution in [1.29, 1.82) is 0 Å². The molecule has 0 aliphatic rings. The predicted octanol–water partition coefficient (Wildman–Crippen LogP) is 2.66. The lowest BCUT2D eigenvalue weighted by molar-refractivity contribution is 0.597. The van der Waals surface area contributed by atoms with Crippen molar-refractivity contribution in [3.63, 3.8) is 0 Å². The third-order valence-corrected chi connectivity index (χ3v) is 3.86. The van der Waals surface area contributed by atoms with Crippen LogP contribution in [0, 0.1) is 5.82 Å². The summed E-state index contributed by atoms with van der Waals surface area (Å²) >= 11 is 11.1. The standard InChI is InChI=1S/C9H6Cl2FN3O2S/c10-6-3-5(4-7(11)9(6)12)15-18(16,17)8-1-2-13-14-8/h1-4,15H,(H,13,14). The monoisotopic (exact) mass is 309 g/mol. The molecule has 0 aliphatic heterocycles. The van der Waals surface area contributed by atoms with E-state index in [9.17, 15) is 12.8 Å². The van der Waals surface area contributed by atoms with E-state index >= 15 is 0 Å². The van der Waals surface area contributed by atoms with Crippen LogP contribution in [0.2, 0.25) is 10.0 Å². The van der Waals surface area contributed by atoms with Gasteiger partial charge in [0.15, 0.2) is 10.8 Å². The number of aromatic amines is 1. The predicted molar refractivity (Wildman–Crippen MR) is 65.8 cm³/mol. The molecule has 0 atom stereocenters. The molecule has 0 saturated carbocycles. The Bertz CT molecular complexity index is 650. The smallest absolute Gasteiger partial charge is 0.278 e. The SMILES string of the molecule is O=S(=O)(Nc1cc(Cl)c(F)c(Cl)c1)c1ccn[nH]1. The molecule has 2 aromatic rings. The van der Waals surface area contributed by atoms with Gasteiger partial charge in [0, 0.05) is 0 Å². The Kier molecular flexibility index (Phi) is 3.47. The first-order valence-electron chi connectivity index (χ1n) is 4.57. The Morgan fingerprint density at radius 3 is 2.39 bits per heavy atom. The molecule has 2 N–H and O–H groups in total. The highest BCUT2D eigenvalue weighted by Crippen LogP contribution is 2.28. The molecular weight excluding hydrogens is 304 g/mol. The third-order valence-electron chi connectivity index (χ3n) is 2.00. The lowest BCUT2D eigenvalue weighted by Crippen LogP contribution is -2.13. The number of aromatic nitrogens is 2. The summed E-state index contributed by atoms with van der Waals surface area (Å²) in [5.41, 5.74) is 0.0565. The van der Waals surface area contributed by atoms with Crippen molar-refractivity contribution in [3.05, 3.63) is 40.3 Å². The minimum absolute atomic E-state index is 0.0565. The van der Waals surface area contributed by atoms with Gasteiger partial charge in [-0.05, 0) is 18.2 Å². The first kappa shape index (κ1) is 13.1. The van der Waals surface area contributed by atoms with Crippen LogP contribution < -0.4 is 4.72 Å². The van der Waals surface area contributed by atoms with E-state index in [4.69, 9.17) is 23.2 Å². The fourth-order valence-corrected chi connectivity index (χ4v) is 2.66. The van der Waals surface area contributed by atoms with Crippen LogP contribution in [0.4, 0.5) is 10.1 Å². The zero-order valence-corrected chi connectivity index (χ0v) is 10.9. The lowest BCUT2D eigenvalue weighted by Gasteiger charge is -2.07. The Morgan fingerprint density at radius 1 is 1.28 bits per heavy atom. The number of anilines is 1. The highest BCUT2D eigenvalue weighted by atomic mass is 35.5. The van der Waals surface area contributed by atoms with Crippen LogP contribution in [0.5, 0.6) is 0 Å². The maximum atomic E-state index is 13.2. The summed E-state index contributed by atoms with van der Waals surface area (Å²) in [6.45, 7) is 0. The topological polar surface area (TPSA) is 74.8 Å². The van der Waals surface area contributed by atoms with Crippen LogP contribution in [0.15, 0.2) is 29.4 Å². The molecule has 0 unspecified atom stereocenters. The Labute approximate surface area is 112 Å². The Hall–Kier alpha value is -1.31. The largest absolute Gasteiger partial charge is 0.278 e. The highest BCUT2D eigenvalue weighted by Gasteiger charge is 2.17. The summed E-state index contributed by atoms with van der Waals surface area (Å²) in [6, 6.07) is 3.52. The van der Waals surface area contributed by atoms with E-state index in [0.717, 1.165) is 12.1 Å². The second-order valence-electron chi connectivity index (χ2n) is 3.28. The summed E-state index contributed by atoms with van der Waals surface area (Å²) in [6.07, 6.45) is 1.29. The van der Waals surface area contributed by atoms with Crippen molar-refractivity contribution in [3.8, 4) is 0 Å². The van der Waals surface area contributed by atoms with Crippen molar-refractivity contribution < 1.29 is 12.8 Å². The molecule has 0 aliphatic carbocycles. The third kappa shape index (κ3) is 2.58. The average Bonchev–Trinajstić information content (AvgIpc) is 2.79. The van der Waals surface area contributed by atoms with Crippen LogP contribution in [-0.2, 0) is 10.0 Å². The van der Waals surface area contributed by atoms with Gasteiger partial charge in [0.2, 0.25) is 0 Å². The molecule has 1 aromatic carbocycles. The normalized spacial score (nSPS) is 11.5. The van der Waals surface area contributed by atoms with Crippen LogP contribution in [0.25, 0.3) is 0 Å². The van der Waals surface area contributed by atoms with Crippen molar-refractivity contribution in [2.24, 2.45) is 0 Å². The number of hydrogen-bond acceptors (Lipinski definition) is 3. The molecule has 2 rings (SSSR count). The van der Waals surface area contributed by atoms with Gasteiger partial charge < -0.3 is 0 Å². The van der Waals surface area contributed by atoms with Gasteiger partial charge in [-0.15, -0.1) is 0 Å². The van der Waals surface area contributed by atoms with E-state index in [0.29, 0.717) is 0 Å². The second kappa shape index (κ2) is 4.75. The van der Waals surface area contributed by atoms with Gasteiger partial charge in [-0.2, -0.15) is 13.5 Å². The quantitative estimate of drug-likeness (QED) is 0.856. The molecule has 96 valence electrons. The molecule has 0 bridgehead atoms. The summed E-state index contributed by atoms with van der Waals surface area (Å²) in [7, 11) is -3.82. The molecule has 0 fully saturated rings. The van der Waals surface area contributed by atoms with Crippen molar-refractivity contribution in [1.82, 2.24) is 10.2 Å². The molecule has 18 heavy (non-hydrogen) atoms. The van der Waals surface area contributed by atoms with Gasteiger partial charge in [-0.25, -0.2) is 4.39 Å². The van der Waals surface area contributed by atoms with E-state index in [2.05, 4.69) is 14.9 Å². The van der Waals surface area contributed by atoms with Gasteiger partial charge in [0.25, 0.3) is 10.0 Å². The number of rotatable bonds is 3. The van der Waals surface area contributed by atoms with E-state index in [1.807, 2.05) is 0 Å². The second-order valence-corrected chi connectivity index (χ2v) is 5.75. The molecular formula is C9H6Cl2FN3O2S. The number of sulfonamides is 1. The highest BCUT2D eigenvalue weighted by molar-refractivity contribution is 7.92. The molecule has 9 heteroatoms. The number of halogens is 3. The number of H-pyrrole nitrogens is 1. The van der Waals surface area contributed by atoms with Gasteiger partial charge >= 0.3 is 0 Å². The molecule has 1 aromatic heterocycles. The Balaban J connectivity index is 2.36. The molecule has 5 nitrogen and oxygen atoms in total. The first-order valence-corrected chi connectivity index (χ1v) is 6.81. The minimum Gasteiger partial charge on any atom is -0.278 e. The Morgan fingerprint density at radius 2 is 1.89 bits per heavy atom. The zero-order chi connectivity index (χ0) is 13.3. The summed E-state index contributed by atoms with van der Waals surface area (Å²) in [4.78, 5) is 0. The van der Waals surface area contributed by atoms with Gasteiger partial charge in [-0.1, -0.05) is 23.2 Å². The van der Waals surface area contributed by atoms with Crippen LogP contribution >= 0.6 is 23.2 Å². The molecule has 0 spiro atoms. The van der Waals surface area contributed by atoms with Gasteiger partial charge in [0.1, 0.15) is 0 Å². The van der Waals surface area contributed by atoms with Crippen molar-refractivity contribution >= 4 is 38.9 Å². The van der Waals surface area contributed by atoms with E-state index in [-0.39, 0.29) is 20.8 Å². The molecule has 0 radical (unpaired) electrons. The molecule has 0 amide bonds. The molecule has 1 heterocycles. The molecule has 0 saturated heterocycles. The minimum atomic E-state index is -3.82. The summed E-state index contributed by atoms with van der Waals surface area (Å²) in [5.74, 6) is -0.803. The number of nitrogens with one attached hydrogen (secondary N) is 2. The van der Waals surface area contributed by atoms with Gasteiger partial charge in [0.05, 0.1) is 21.9 Å². The summed E-state index contributed by atoms with van der Waals surface area (Å²) < 4.78 is 39.0. The zero-order valence-electron chi connectivity index (χ0n) is 8.62. The fourth-order valence-electron chi connectivity index (χ4n) is 1.22. The average molecular weight is 310 g/mol. The van der Waals surface area contributed by atoms with E-state index < -0.39 is 15.8 Å². The number of hydrogen-bond donors (Lipinski definition) is 2. The van der Waals surface area contributed by atoms with Crippen molar-refractivity contribution in [2.45, 2.75) is 5.03 Å². The van der Waals surface area contributed by atoms with Crippen LogP contribution in [0.3, 0.4) is 0 Å². The maximum Gasteiger partial charge on any atom is 0.278 e. The van der Waals surface area contributed by atoms with Gasteiger partial charge in [-0.3, -0.25) is 9.82 Å². The van der Waals surface area contributed by atoms with E-state index in [1.54, 1.807) is 0 Å². The lowest BCUT2D eigenvalue weighted by atomic mass is 10.3. The number of nitrogens with zero attached hydrogens (tertiary/aromatic N) is 1. The first-order chi connectivity index (χ1) is 8.40. The van der Waals surface area contributed by atoms with Crippen molar-refractivity contribution in [2.75, 3.05) is 4.72 Å².